The van der Waals surface area contributed by atoms with Gasteiger partial charge in [-0.1, -0.05) is 31.7 Å². The number of fused-ring (bicyclic) bond motifs is 4. The van der Waals surface area contributed by atoms with Crippen molar-refractivity contribution in [1.82, 2.24) is 15.0 Å². The van der Waals surface area contributed by atoms with Crippen LogP contribution in [-0.4, -0.2) is 58.6 Å². The molecule has 1 aliphatic carbocycles. The number of phenols is 4. The Labute approximate surface area is 465 Å². The lowest BCUT2D eigenvalue weighted by Gasteiger charge is -2.17. The third-order valence-corrected chi connectivity index (χ3v) is 14.1. The van der Waals surface area contributed by atoms with Crippen molar-refractivity contribution in [3.63, 3.8) is 0 Å². The van der Waals surface area contributed by atoms with Gasteiger partial charge in [-0.05, 0) is 198 Å². The number of aromatic hydroxyl groups is 4. The molecule has 0 bridgehead atoms. The van der Waals surface area contributed by atoms with Gasteiger partial charge in [-0.2, -0.15) is 0 Å². The van der Waals surface area contributed by atoms with E-state index in [9.17, 15) is 52.8 Å². The zero-order chi connectivity index (χ0) is 56.3. The molecule has 15 heteroatoms. The third kappa shape index (κ3) is 15.1. The second-order valence-corrected chi connectivity index (χ2v) is 19.9. The molecule has 0 radical (unpaired) electrons. The number of hydrogen-bond donors (Lipinski definition) is 8. The molecule has 3 heterocycles. The summed E-state index contributed by atoms with van der Waals surface area (Å²) in [5.74, 6) is -1.26. The molecule has 0 aliphatic heterocycles. The van der Waals surface area contributed by atoms with Crippen LogP contribution in [0.1, 0.15) is 83.3 Å². The highest BCUT2D eigenvalue weighted by molar-refractivity contribution is 5.98. The Morgan fingerprint density at radius 3 is 1.58 bits per heavy atom. The lowest BCUT2D eigenvalue weighted by Crippen LogP contribution is -2.26. The third-order valence-electron chi connectivity index (χ3n) is 14.1. The van der Waals surface area contributed by atoms with Crippen LogP contribution in [-0.2, 0) is 46.5 Å². The maximum atomic E-state index is 13.3. The van der Waals surface area contributed by atoms with Gasteiger partial charge in [0.1, 0.15) is 52.0 Å². The molecule has 0 saturated heterocycles. The number of carbonyl (C=O) groups is 4. The maximum Gasteiger partial charge on any atom is 0.227 e. The van der Waals surface area contributed by atoms with Crippen molar-refractivity contribution in [2.45, 2.75) is 71.6 Å². The number of allylic oxidation sites excluding steroid dienone is 2. The smallest absolute Gasteiger partial charge is 0.227 e. The van der Waals surface area contributed by atoms with E-state index in [1.165, 1.54) is 60.7 Å². The number of benzene rings is 7. The largest absolute Gasteiger partial charge is 0.508 e. The van der Waals surface area contributed by atoms with E-state index in [0.29, 0.717) is 36.9 Å². The fraction of sp³-hybridized carbons (Fsp3) is 0.182. The number of amides is 1. The first-order valence-electron chi connectivity index (χ1n) is 26.1. The number of phenolic OH excluding ortho intramolecular Hbond substituents is 4. The molecule has 3 aromatic heterocycles. The van der Waals surface area contributed by atoms with Gasteiger partial charge < -0.3 is 40.7 Å². The molecule has 0 saturated carbocycles. The summed E-state index contributed by atoms with van der Waals surface area (Å²) in [6, 6.07) is 37.6. The summed E-state index contributed by atoms with van der Waals surface area (Å²) in [5.41, 5.74) is 10.3. The van der Waals surface area contributed by atoms with Gasteiger partial charge in [0, 0.05) is 101 Å². The molecule has 11 rings (SSSR count). The van der Waals surface area contributed by atoms with Crippen molar-refractivity contribution in [1.29, 1.82) is 0 Å². The molecule has 10 aromatic rings. The lowest BCUT2D eigenvalue weighted by atomic mass is 9.90. The summed E-state index contributed by atoms with van der Waals surface area (Å²) >= 11 is 0. The Morgan fingerprint density at radius 1 is 0.531 bits per heavy atom. The van der Waals surface area contributed by atoms with E-state index in [0.717, 1.165) is 84.5 Å². The SMILES string of the molecule is C.O=C(CCCc1c[nH]c2ccc(O)cc12)c1ccc([18F])cc1.O=C(Cc1c[nH]c2ccc(O)cc12)CC(CCC1=CCc2ccc(O)cc21)C(=O)Nc1ccc([18F])cc1.O=C(Cc1ccc([18F])cc1)Cc1c[nH]c2ccc(O)cc12. The number of aryl methyl sites for hydroxylation is 1. The molecule has 0 fully saturated rings. The topological polar surface area (TPSA) is 209 Å². The number of rotatable bonds is 18. The van der Waals surface area contributed by atoms with Crippen LogP contribution in [0.4, 0.5) is 18.9 Å². The van der Waals surface area contributed by atoms with Gasteiger partial charge in [0.15, 0.2) is 5.78 Å². The van der Waals surface area contributed by atoms with Crippen molar-refractivity contribution in [2.75, 3.05) is 5.32 Å². The first-order chi connectivity index (χ1) is 38.6. The summed E-state index contributed by atoms with van der Waals surface area (Å²) in [6.45, 7) is 0. The Hall–Kier alpha value is -9.63. The number of aromatic amines is 3. The summed E-state index contributed by atoms with van der Waals surface area (Å²) in [7, 11) is 0. The fourth-order valence-electron chi connectivity index (χ4n) is 9.94. The van der Waals surface area contributed by atoms with Crippen LogP contribution in [0.15, 0.2) is 170 Å². The van der Waals surface area contributed by atoms with Gasteiger partial charge in [-0.3, -0.25) is 19.2 Å². The molecule has 1 aliphatic rings. The van der Waals surface area contributed by atoms with E-state index in [-0.39, 0.29) is 91.0 Å². The lowest BCUT2D eigenvalue weighted by molar-refractivity contribution is -0.126. The number of carbonyl (C=O) groups excluding carboxylic acids is 4. The Balaban J connectivity index is 0.000000168. The monoisotopic (exact) mass is 1090 g/mol. The van der Waals surface area contributed by atoms with Gasteiger partial charge in [-0.25, -0.2) is 13.2 Å². The van der Waals surface area contributed by atoms with Crippen molar-refractivity contribution in [2.24, 2.45) is 5.92 Å². The van der Waals surface area contributed by atoms with Crippen LogP contribution in [0, 0.1) is 23.4 Å². The van der Waals surface area contributed by atoms with Crippen LogP contribution >= 0.6 is 0 Å². The number of halogens is 3. The van der Waals surface area contributed by atoms with Crippen molar-refractivity contribution in [3.8, 4) is 23.0 Å². The number of Topliss-reactive ketones (excluding diaryl/α,β-unsaturated/α-hetero) is 3. The minimum Gasteiger partial charge on any atom is -0.508 e. The normalized spacial score (nSPS) is 11.9. The first-order valence-corrected chi connectivity index (χ1v) is 26.1. The average Bonchev–Trinajstić information content (AvgIpc) is 4.36. The molecular formula is C66H61F3N4O8. The minimum atomic E-state index is -0.599. The van der Waals surface area contributed by atoms with Crippen LogP contribution < -0.4 is 5.32 Å². The van der Waals surface area contributed by atoms with Crippen LogP contribution in [0.3, 0.4) is 0 Å². The van der Waals surface area contributed by atoms with Crippen molar-refractivity contribution in [3.05, 3.63) is 227 Å². The molecule has 7 aromatic carbocycles. The second-order valence-electron chi connectivity index (χ2n) is 19.9. The molecule has 81 heavy (non-hydrogen) atoms. The number of anilines is 1. The fourth-order valence-corrected chi connectivity index (χ4v) is 9.94. The molecule has 0 spiro atoms. The standard InChI is InChI=1S/C30H27FN2O4.C18H16FNO2.C17H14FNO2.CH4/c31-22-6-8-23(9-7-22)33-30(37)20(4-3-18-1-2-19-5-10-24(34)15-27(18)19)13-26(36)14-21-17-32-29-12-11-25(35)16-28(21)29;19-14-6-4-12(5-7-14)18(22)3-1-2-13-11-20-17-9-8-15(21)10-16(13)17;18-13-3-1-11(2-4-13)7-15(21)8-12-10-19-17-6-5-14(20)9-16(12)17;/h1,5-12,15-17,20,32,34-35H,2-4,13-14H2,(H,33,37);4-11,20-21H,1-3H2;1-6,9-10,19-20H,7-8H2;1H4/i31-1;19-1;18-1;. The van der Waals surface area contributed by atoms with Gasteiger partial charge in [0.2, 0.25) is 5.91 Å². The maximum absolute atomic E-state index is 13.3. The molecule has 8 N–H and O–H groups in total. The van der Waals surface area contributed by atoms with E-state index in [4.69, 9.17) is 0 Å². The molecule has 1 amide bonds. The highest BCUT2D eigenvalue weighted by Gasteiger charge is 2.25. The highest BCUT2D eigenvalue weighted by Crippen LogP contribution is 2.35. The molecule has 1 unspecified atom stereocenters. The van der Waals surface area contributed by atoms with Gasteiger partial charge >= 0.3 is 0 Å². The van der Waals surface area contributed by atoms with E-state index >= 15 is 0 Å². The van der Waals surface area contributed by atoms with Gasteiger partial charge in [0.05, 0.1) is 0 Å². The zero-order valence-corrected chi connectivity index (χ0v) is 43.4. The van der Waals surface area contributed by atoms with E-state index < -0.39 is 11.7 Å². The van der Waals surface area contributed by atoms with Crippen LogP contribution in [0.25, 0.3) is 38.3 Å². The number of H-pyrrole nitrogens is 3. The van der Waals surface area contributed by atoms with Crippen LogP contribution in [0.2, 0.25) is 0 Å². The Kier molecular flexibility index (Phi) is 18.7. The predicted molar refractivity (Wildman–Crippen MR) is 310 cm³/mol. The molecule has 414 valence electrons. The Bertz CT molecular complexity index is 3880. The minimum absolute atomic E-state index is 0. The highest BCUT2D eigenvalue weighted by atomic mass is 18.2. The predicted octanol–water partition coefficient (Wildman–Crippen LogP) is 14.1. The number of nitrogens with one attached hydrogen (secondary N) is 4. The second kappa shape index (κ2) is 26.3. The first kappa shape index (κ1) is 57.5. The van der Waals surface area contributed by atoms with E-state index in [1.54, 1.807) is 85.2 Å². The van der Waals surface area contributed by atoms with Crippen LogP contribution in [0.5, 0.6) is 23.0 Å². The summed E-state index contributed by atoms with van der Waals surface area (Å²) in [4.78, 5) is 59.9. The van der Waals surface area contributed by atoms with Crippen molar-refractivity contribution < 1.29 is 52.8 Å². The molecular weight excluding hydrogens is 1030 g/mol. The number of ketones is 3. The summed E-state index contributed by atoms with van der Waals surface area (Å²) < 4.78 is 39.0. The quantitative estimate of drug-likeness (QED) is 0.0387. The molecule has 1 atom stereocenters. The average molecular weight is 1090 g/mol. The van der Waals surface area contributed by atoms with Gasteiger partial charge in [0.25, 0.3) is 0 Å². The zero-order valence-electron chi connectivity index (χ0n) is 43.4. The van der Waals surface area contributed by atoms with Crippen molar-refractivity contribution >= 4 is 67.2 Å². The summed E-state index contributed by atoms with van der Waals surface area (Å²) in [6.07, 6.45) is 11.9. The number of hydrogen-bond acceptors (Lipinski definition) is 8. The number of aromatic nitrogens is 3. The van der Waals surface area contributed by atoms with E-state index in [2.05, 4.69) is 26.3 Å². The summed E-state index contributed by atoms with van der Waals surface area (Å²) in [5, 5.41) is 44.3. The van der Waals surface area contributed by atoms with Gasteiger partial charge in [-0.15, -0.1) is 0 Å². The Morgan fingerprint density at radius 2 is 1.01 bits per heavy atom. The van der Waals surface area contributed by atoms with E-state index in [1.807, 2.05) is 18.3 Å². The molecule has 12 nitrogen and oxygen atoms in total.